The van der Waals surface area contributed by atoms with Crippen molar-refractivity contribution < 1.29 is 33.3 Å². The van der Waals surface area contributed by atoms with Crippen molar-refractivity contribution >= 4 is 11.8 Å². The number of fused-ring (bicyclic) bond motifs is 3. The predicted octanol–water partition coefficient (Wildman–Crippen LogP) is 3.03. The van der Waals surface area contributed by atoms with Crippen molar-refractivity contribution in [2.75, 3.05) is 28.4 Å². The Labute approximate surface area is 170 Å². The lowest BCUT2D eigenvalue weighted by molar-refractivity contribution is -0.239. The molecule has 1 fully saturated rings. The molecule has 1 aromatic carbocycles. The molecular weight excluding hydrogens is 376 g/mol. The largest absolute Gasteiger partial charge is 0.493 e. The standard InChI is InChI=1S/C22H26O7/c1-7-8-13-11-22(28-6)12(2)17(18(19(13)23)21(24)29-22)14-9-15(25-3)20(27-5)16(10-14)26-4/h7,9-12,17-18H,1,8H2,2-6H3/t12-,17+,18-,22-/m1/s1. The Kier molecular flexibility index (Phi) is 5.71. The van der Waals surface area contributed by atoms with Crippen LogP contribution in [0.5, 0.6) is 17.2 Å². The van der Waals surface area contributed by atoms with Gasteiger partial charge in [-0.25, -0.2) is 0 Å². The van der Waals surface area contributed by atoms with Gasteiger partial charge in [0.2, 0.25) is 11.5 Å². The third-order valence-electron chi connectivity index (χ3n) is 5.78. The minimum atomic E-state index is -1.34. The molecule has 0 unspecified atom stereocenters. The van der Waals surface area contributed by atoms with Crippen LogP contribution in [0.25, 0.3) is 0 Å². The molecule has 0 radical (unpaired) electrons. The maximum Gasteiger partial charge on any atom is 0.320 e. The number of benzene rings is 1. The molecule has 1 saturated heterocycles. The van der Waals surface area contributed by atoms with E-state index in [2.05, 4.69) is 6.58 Å². The highest BCUT2D eigenvalue weighted by atomic mass is 16.7. The fourth-order valence-corrected chi connectivity index (χ4v) is 4.32. The Hall–Kier alpha value is -2.80. The third-order valence-corrected chi connectivity index (χ3v) is 5.78. The summed E-state index contributed by atoms with van der Waals surface area (Å²) in [5.74, 6) is -2.75. The van der Waals surface area contributed by atoms with Crippen LogP contribution in [0, 0.1) is 11.8 Å². The summed E-state index contributed by atoms with van der Waals surface area (Å²) in [7, 11) is 6.02. The number of ether oxygens (including phenoxy) is 5. The van der Waals surface area contributed by atoms with Crippen LogP contribution in [-0.4, -0.2) is 46.0 Å². The van der Waals surface area contributed by atoms with E-state index in [9.17, 15) is 9.59 Å². The van der Waals surface area contributed by atoms with Gasteiger partial charge in [-0.3, -0.25) is 9.59 Å². The first-order chi connectivity index (χ1) is 13.9. The first kappa shape index (κ1) is 20.9. The molecule has 0 aromatic heterocycles. The van der Waals surface area contributed by atoms with Crippen LogP contribution in [0.2, 0.25) is 0 Å². The number of allylic oxidation sites excluding steroid dienone is 2. The fourth-order valence-electron chi connectivity index (χ4n) is 4.32. The van der Waals surface area contributed by atoms with Gasteiger partial charge in [-0.2, -0.15) is 0 Å². The average molecular weight is 402 g/mol. The second-order valence-corrected chi connectivity index (χ2v) is 7.12. The fraction of sp³-hybridized carbons (Fsp3) is 0.455. The van der Waals surface area contributed by atoms with Gasteiger partial charge in [0.25, 0.3) is 0 Å². The number of carbonyl (C=O) groups is 2. The van der Waals surface area contributed by atoms with Crippen molar-refractivity contribution in [3.05, 3.63) is 42.0 Å². The lowest BCUT2D eigenvalue weighted by Crippen LogP contribution is -2.52. The first-order valence-electron chi connectivity index (χ1n) is 9.32. The van der Waals surface area contributed by atoms with Crippen LogP contribution >= 0.6 is 0 Å². The molecule has 0 N–H and O–H groups in total. The normalized spacial score (nSPS) is 28.3. The Morgan fingerprint density at radius 3 is 2.21 bits per heavy atom. The molecule has 3 aliphatic rings. The van der Waals surface area contributed by atoms with Crippen molar-refractivity contribution in [1.29, 1.82) is 0 Å². The van der Waals surface area contributed by atoms with E-state index in [-0.39, 0.29) is 11.7 Å². The van der Waals surface area contributed by atoms with Crippen molar-refractivity contribution in [3.63, 3.8) is 0 Å². The van der Waals surface area contributed by atoms with Crippen LogP contribution in [-0.2, 0) is 19.1 Å². The minimum absolute atomic E-state index is 0.281. The van der Waals surface area contributed by atoms with Gasteiger partial charge >= 0.3 is 5.97 Å². The van der Waals surface area contributed by atoms with Crippen molar-refractivity contribution in [1.82, 2.24) is 0 Å². The molecule has 2 heterocycles. The number of Topliss-reactive ketones (excluding diaryl/α,β-unsaturated/α-hetero) is 1. The number of rotatable bonds is 7. The highest BCUT2D eigenvalue weighted by molar-refractivity contribution is 6.10. The highest BCUT2D eigenvalue weighted by Crippen LogP contribution is 2.52. The Balaban J connectivity index is 2.22. The average Bonchev–Trinajstić information content (AvgIpc) is 2.88. The van der Waals surface area contributed by atoms with Gasteiger partial charge in [0.15, 0.2) is 17.3 Å². The number of carbonyl (C=O) groups excluding carboxylic acids is 2. The van der Waals surface area contributed by atoms with Crippen molar-refractivity contribution in [2.24, 2.45) is 11.8 Å². The van der Waals surface area contributed by atoms with Crippen LogP contribution < -0.4 is 14.2 Å². The van der Waals surface area contributed by atoms with Gasteiger partial charge in [0.05, 0.1) is 21.3 Å². The lowest BCUT2D eigenvalue weighted by atomic mass is 9.72. The lowest BCUT2D eigenvalue weighted by Gasteiger charge is -2.43. The first-order valence-corrected chi connectivity index (χ1v) is 9.32. The van der Waals surface area contributed by atoms with E-state index in [4.69, 9.17) is 23.7 Å². The van der Waals surface area contributed by atoms with E-state index in [1.165, 1.54) is 28.4 Å². The van der Waals surface area contributed by atoms with Crippen LogP contribution in [0.1, 0.15) is 24.8 Å². The Bertz CT molecular complexity index is 847. The zero-order valence-corrected chi connectivity index (χ0v) is 17.3. The molecule has 4 atom stereocenters. The molecule has 156 valence electrons. The summed E-state index contributed by atoms with van der Waals surface area (Å²) in [5.41, 5.74) is 1.16. The number of hydrogen-bond donors (Lipinski definition) is 0. The number of methoxy groups -OCH3 is 4. The summed E-state index contributed by atoms with van der Waals surface area (Å²) in [5, 5.41) is 0. The molecule has 29 heavy (non-hydrogen) atoms. The SMILES string of the molecule is C=CCC1=C[C@@]2(OC)OC(=O)[C@@H](C1=O)[C@H](c1cc(OC)c(OC)c(OC)c1)[C@H]2C. The highest BCUT2D eigenvalue weighted by Gasteiger charge is 2.58. The van der Waals surface area contributed by atoms with Gasteiger partial charge in [-0.15, -0.1) is 6.58 Å². The summed E-state index contributed by atoms with van der Waals surface area (Å²) >= 11 is 0. The summed E-state index contributed by atoms with van der Waals surface area (Å²) in [6.07, 6.45) is 3.57. The molecule has 0 saturated carbocycles. The molecule has 0 spiro atoms. The molecule has 0 amide bonds. The smallest absolute Gasteiger partial charge is 0.320 e. The molecular formula is C22H26O7. The molecule has 2 bridgehead atoms. The second-order valence-electron chi connectivity index (χ2n) is 7.12. The van der Waals surface area contributed by atoms with Crippen LogP contribution in [0.4, 0.5) is 0 Å². The predicted molar refractivity (Wildman–Crippen MR) is 105 cm³/mol. The molecule has 2 aliphatic heterocycles. The number of esters is 1. The van der Waals surface area contributed by atoms with E-state index in [1.807, 2.05) is 6.92 Å². The number of hydrogen-bond acceptors (Lipinski definition) is 7. The summed E-state index contributed by atoms with van der Waals surface area (Å²) in [6.45, 7) is 5.61. The monoisotopic (exact) mass is 402 g/mol. The minimum Gasteiger partial charge on any atom is -0.493 e. The van der Waals surface area contributed by atoms with Crippen molar-refractivity contribution in [2.45, 2.75) is 25.0 Å². The van der Waals surface area contributed by atoms with Crippen molar-refractivity contribution in [3.8, 4) is 17.2 Å². The van der Waals surface area contributed by atoms with E-state index in [0.29, 0.717) is 34.8 Å². The molecule has 1 aromatic rings. The maximum absolute atomic E-state index is 13.3. The molecule has 1 aliphatic carbocycles. The second kappa shape index (κ2) is 7.91. The summed E-state index contributed by atoms with van der Waals surface area (Å²) in [4.78, 5) is 26.2. The zero-order chi connectivity index (χ0) is 21.3. The van der Waals surface area contributed by atoms with E-state index < -0.39 is 23.6 Å². The van der Waals surface area contributed by atoms with Gasteiger partial charge in [0.1, 0.15) is 5.92 Å². The molecule has 4 rings (SSSR count). The van der Waals surface area contributed by atoms with E-state index >= 15 is 0 Å². The Morgan fingerprint density at radius 1 is 1.10 bits per heavy atom. The summed E-state index contributed by atoms with van der Waals surface area (Å²) < 4.78 is 27.6. The van der Waals surface area contributed by atoms with E-state index in [0.717, 1.165) is 0 Å². The Morgan fingerprint density at radius 2 is 1.72 bits per heavy atom. The van der Waals surface area contributed by atoms with Gasteiger partial charge in [-0.05, 0) is 30.2 Å². The van der Waals surface area contributed by atoms with E-state index in [1.54, 1.807) is 24.3 Å². The molecule has 7 heteroatoms. The van der Waals surface area contributed by atoms with Crippen LogP contribution in [0.15, 0.2) is 36.4 Å². The topological polar surface area (TPSA) is 80.3 Å². The number of ketones is 1. The molecule has 7 nitrogen and oxygen atoms in total. The van der Waals surface area contributed by atoms with Gasteiger partial charge < -0.3 is 23.7 Å². The zero-order valence-electron chi connectivity index (χ0n) is 17.3. The van der Waals surface area contributed by atoms with Gasteiger partial charge in [0, 0.05) is 24.5 Å². The van der Waals surface area contributed by atoms with Crippen LogP contribution in [0.3, 0.4) is 0 Å². The maximum atomic E-state index is 13.3. The van der Waals surface area contributed by atoms with Gasteiger partial charge in [-0.1, -0.05) is 13.0 Å². The third kappa shape index (κ3) is 3.19. The summed E-state index contributed by atoms with van der Waals surface area (Å²) in [6, 6.07) is 3.53. The quantitative estimate of drug-likeness (QED) is 0.394.